The molecule has 2 aliphatic carbocycles. The lowest BCUT2D eigenvalue weighted by atomic mass is 9.82. The number of carbonyl (C=O) groups excluding carboxylic acids is 3. The maximum atomic E-state index is 13.7. The zero-order valence-corrected chi connectivity index (χ0v) is 17.3. The van der Waals surface area contributed by atoms with E-state index in [1.54, 1.807) is 14.0 Å². The van der Waals surface area contributed by atoms with Crippen molar-refractivity contribution in [3.8, 4) is 0 Å². The van der Waals surface area contributed by atoms with Crippen LogP contribution in [0, 0.1) is 5.92 Å². The van der Waals surface area contributed by atoms with E-state index in [-0.39, 0.29) is 36.3 Å². The molecule has 5 rings (SSSR count). The predicted octanol–water partition coefficient (Wildman–Crippen LogP) is 0.312. The molecular formula is C21H28N4O5. The molecule has 9 nitrogen and oxygen atoms in total. The Morgan fingerprint density at radius 1 is 1.27 bits per heavy atom. The van der Waals surface area contributed by atoms with Crippen LogP contribution in [0.15, 0.2) is 22.5 Å². The van der Waals surface area contributed by atoms with Gasteiger partial charge >= 0.3 is 6.09 Å². The van der Waals surface area contributed by atoms with Crippen LogP contribution in [0.4, 0.5) is 4.79 Å². The van der Waals surface area contributed by atoms with Crippen molar-refractivity contribution < 1.29 is 23.9 Å². The van der Waals surface area contributed by atoms with Crippen LogP contribution in [-0.4, -0.2) is 66.7 Å². The van der Waals surface area contributed by atoms with Crippen LogP contribution in [0.25, 0.3) is 0 Å². The average molecular weight is 416 g/mol. The fraction of sp³-hybridized carbons (Fsp3) is 0.667. The van der Waals surface area contributed by atoms with E-state index in [4.69, 9.17) is 15.2 Å². The van der Waals surface area contributed by atoms with Gasteiger partial charge in [0.2, 0.25) is 11.6 Å². The standard InChI is InChI=1S/C21H28N4O5/c1-10-15(23-11-6-4-3-5-7-11)18(27)14-12(9-30-20(22)28)21(29-2)19-13(24-19)8-25(21)16(14)17(10)26/h11-13,19,23-24H,3-9H2,1-2H3,(H2,22,28). The van der Waals surface area contributed by atoms with E-state index in [1.807, 2.05) is 4.90 Å². The number of methoxy groups -OCH3 is 1. The normalized spacial score (nSPS) is 35.4. The Morgan fingerprint density at radius 3 is 2.67 bits per heavy atom. The van der Waals surface area contributed by atoms with Gasteiger partial charge in [-0.3, -0.25) is 9.59 Å². The second-order valence-corrected chi connectivity index (χ2v) is 8.90. The highest BCUT2D eigenvalue weighted by Gasteiger charge is 2.72. The molecule has 0 bridgehead atoms. The van der Waals surface area contributed by atoms with Crippen molar-refractivity contribution in [2.24, 2.45) is 11.7 Å². The number of fused-ring (bicyclic) bond motifs is 4. The molecule has 0 spiro atoms. The summed E-state index contributed by atoms with van der Waals surface area (Å²) in [7, 11) is 1.57. The number of hydrogen-bond donors (Lipinski definition) is 3. The number of carbonyl (C=O) groups is 3. The van der Waals surface area contributed by atoms with Gasteiger partial charge in [0.15, 0.2) is 5.72 Å². The van der Waals surface area contributed by atoms with Gasteiger partial charge < -0.3 is 30.7 Å². The second kappa shape index (κ2) is 6.81. The number of ether oxygens (including phenoxy) is 2. The highest BCUT2D eigenvalue weighted by molar-refractivity contribution is 6.25. The Kier molecular flexibility index (Phi) is 4.44. The van der Waals surface area contributed by atoms with Gasteiger partial charge in [0.05, 0.1) is 23.4 Å². The molecule has 4 N–H and O–H groups in total. The first-order valence-corrected chi connectivity index (χ1v) is 10.7. The summed E-state index contributed by atoms with van der Waals surface area (Å²) in [6.45, 7) is 2.17. The van der Waals surface area contributed by atoms with E-state index in [0.717, 1.165) is 25.7 Å². The lowest BCUT2D eigenvalue weighted by Gasteiger charge is -2.39. The summed E-state index contributed by atoms with van der Waals surface area (Å²) < 4.78 is 11.1. The molecule has 0 radical (unpaired) electrons. The second-order valence-electron chi connectivity index (χ2n) is 8.90. The number of Topliss-reactive ketones (excluding diaryl/α,β-unsaturated/α-hetero) is 2. The van der Waals surface area contributed by atoms with Crippen molar-refractivity contribution in [3.05, 3.63) is 22.5 Å². The first-order chi connectivity index (χ1) is 14.4. The van der Waals surface area contributed by atoms with Crippen molar-refractivity contribution in [3.63, 3.8) is 0 Å². The van der Waals surface area contributed by atoms with Gasteiger partial charge in [-0.25, -0.2) is 4.79 Å². The summed E-state index contributed by atoms with van der Waals surface area (Å²) in [6.07, 6.45) is 4.49. The van der Waals surface area contributed by atoms with Gasteiger partial charge in [0, 0.05) is 36.9 Å². The van der Waals surface area contributed by atoms with Crippen molar-refractivity contribution in [1.82, 2.24) is 15.5 Å². The molecule has 1 saturated carbocycles. The van der Waals surface area contributed by atoms with Crippen LogP contribution in [0.3, 0.4) is 0 Å². The van der Waals surface area contributed by atoms with E-state index in [9.17, 15) is 14.4 Å². The molecule has 3 heterocycles. The van der Waals surface area contributed by atoms with Crippen molar-refractivity contribution in [2.45, 2.75) is 62.9 Å². The number of piperazine rings is 1. The van der Waals surface area contributed by atoms with Crippen LogP contribution in [0.2, 0.25) is 0 Å². The third-order valence-electron chi connectivity index (χ3n) is 7.38. The number of nitrogens with one attached hydrogen (secondary N) is 2. The van der Waals surface area contributed by atoms with E-state index >= 15 is 0 Å². The minimum atomic E-state index is -0.934. The summed E-state index contributed by atoms with van der Waals surface area (Å²) in [6, 6.07) is 0.337. The van der Waals surface area contributed by atoms with Gasteiger partial charge in [0.1, 0.15) is 6.61 Å². The molecule has 0 aromatic rings. The first-order valence-electron chi connectivity index (χ1n) is 10.7. The molecule has 162 valence electrons. The lowest BCUT2D eigenvalue weighted by molar-refractivity contribution is -0.137. The van der Waals surface area contributed by atoms with Gasteiger partial charge in [-0.05, 0) is 19.8 Å². The Labute approximate surface area is 175 Å². The molecule has 3 fully saturated rings. The minimum Gasteiger partial charge on any atom is -0.449 e. The molecule has 4 unspecified atom stereocenters. The molecule has 1 amide bonds. The monoisotopic (exact) mass is 416 g/mol. The smallest absolute Gasteiger partial charge is 0.404 e. The quantitative estimate of drug-likeness (QED) is 0.431. The van der Waals surface area contributed by atoms with Crippen molar-refractivity contribution in [2.75, 3.05) is 20.3 Å². The fourth-order valence-electron chi connectivity index (χ4n) is 5.92. The molecule has 3 aliphatic heterocycles. The third-order valence-corrected chi connectivity index (χ3v) is 7.38. The van der Waals surface area contributed by atoms with Crippen LogP contribution < -0.4 is 16.4 Å². The molecule has 9 heteroatoms. The average Bonchev–Trinajstić information content (AvgIpc) is 3.35. The van der Waals surface area contributed by atoms with Crippen LogP contribution in [-0.2, 0) is 19.1 Å². The van der Waals surface area contributed by atoms with E-state index in [1.165, 1.54) is 6.42 Å². The van der Waals surface area contributed by atoms with E-state index in [2.05, 4.69) is 10.6 Å². The molecule has 30 heavy (non-hydrogen) atoms. The molecule has 4 atom stereocenters. The predicted molar refractivity (Wildman–Crippen MR) is 106 cm³/mol. The number of amides is 1. The van der Waals surface area contributed by atoms with Gasteiger partial charge in [-0.15, -0.1) is 0 Å². The van der Waals surface area contributed by atoms with Gasteiger partial charge in [-0.2, -0.15) is 0 Å². The summed E-state index contributed by atoms with van der Waals surface area (Å²) >= 11 is 0. The highest BCUT2D eigenvalue weighted by atomic mass is 16.6. The number of nitrogens with zero attached hydrogens (tertiary/aromatic N) is 1. The highest BCUT2D eigenvalue weighted by Crippen LogP contribution is 2.55. The number of primary amides is 1. The van der Waals surface area contributed by atoms with E-state index in [0.29, 0.717) is 29.1 Å². The summed E-state index contributed by atoms with van der Waals surface area (Å²) in [5.41, 5.74) is 5.87. The largest absolute Gasteiger partial charge is 0.449 e. The third kappa shape index (κ3) is 2.58. The summed E-state index contributed by atoms with van der Waals surface area (Å²) in [4.78, 5) is 40.4. The Bertz CT molecular complexity index is 890. The van der Waals surface area contributed by atoms with Crippen molar-refractivity contribution in [1.29, 1.82) is 0 Å². The summed E-state index contributed by atoms with van der Waals surface area (Å²) in [5, 5.41) is 6.73. The minimum absolute atomic E-state index is 0.0368. The summed E-state index contributed by atoms with van der Waals surface area (Å²) in [5.74, 6) is -0.955. The zero-order chi connectivity index (χ0) is 21.2. The van der Waals surface area contributed by atoms with Crippen molar-refractivity contribution >= 4 is 17.7 Å². The number of nitrogens with two attached hydrogens (primary N) is 1. The number of allylic oxidation sites excluding steroid dienone is 2. The molecule has 2 saturated heterocycles. The molecular weight excluding hydrogens is 388 g/mol. The Hall–Kier alpha value is -2.39. The van der Waals surface area contributed by atoms with Gasteiger partial charge in [0.25, 0.3) is 0 Å². The van der Waals surface area contributed by atoms with Gasteiger partial charge in [-0.1, -0.05) is 19.3 Å². The lowest BCUT2D eigenvalue weighted by Crippen LogP contribution is -2.55. The van der Waals surface area contributed by atoms with E-state index < -0.39 is 17.7 Å². The molecule has 0 aromatic heterocycles. The first kappa shape index (κ1) is 19.6. The Balaban J connectivity index is 1.53. The zero-order valence-electron chi connectivity index (χ0n) is 17.3. The van der Waals surface area contributed by atoms with Crippen LogP contribution >= 0.6 is 0 Å². The van der Waals surface area contributed by atoms with Crippen LogP contribution in [0.5, 0.6) is 0 Å². The maximum Gasteiger partial charge on any atom is 0.404 e. The maximum absolute atomic E-state index is 13.7. The topological polar surface area (TPSA) is 133 Å². The number of hydrogen-bond acceptors (Lipinski definition) is 8. The SMILES string of the molecule is COC12C(COC(N)=O)C3=C(C(=O)C(C)=C(NC4CCCCC4)C3=O)N1CC1NC12. The van der Waals surface area contributed by atoms with Crippen LogP contribution in [0.1, 0.15) is 39.0 Å². The fourth-order valence-corrected chi connectivity index (χ4v) is 5.92. The Morgan fingerprint density at radius 2 is 2.00 bits per heavy atom. The number of ketones is 2. The number of rotatable bonds is 5. The molecule has 5 aliphatic rings. The molecule has 0 aromatic carbocycles.